The number of ether oxygens (including phenoxy) is 1. The minimum atomic E-state index is 0.309. The lowest BCUT2D eigenvalue weighted by molar-refractivity contribution is -0.128. The summed E-state index contributed by atoms with van der Waals surface area (Å²) in [6.45, 7) is 2.66. The number of hydrogen-bond donors (Lipinski definition) is 0. The Labute approximate surface area is 102 Å². The van der Waals surface area contributed by atoms with Gasteiger partial charge in [-0.05, 0) is 19.4 Å². The van der Waals surface area contributed by atoms with Crippen LogP contribution in [0.1, 0.15) is 6.92 Å². The molecule has 0 bridgehead atoms. The molecule has 0 fully saturated rings. The Hall–Kier alpha value is -1.02. The highest BCUT2D eigenvalue weighted by Crippen LogP contribution is 2.16. The van der Waals surface area contributed by atoms with E-state index in [2.05, 4.69) is 19.9 Å². The summed E-state index contributed by atoms with van der Waals surface area (Å²) in [5.41, 5.74) is 0. The molecule has 0 N–H and O–H groups in total. The Balaban J connectivity index is 0.000000385. The maximum atomic E-state index is 9.18. The van der Waals surface area contributed by atoms with E-state index in [4.69, 9.17) is 4.42 Å². The van der Waals surface area contributed by atoms with Gasteiger partial charge in [-0.25, -0.2) is 0 Å². The van der Waals surface area contributed by atoms with Crippen LogP contribution in [0.4, 0.5) is 6.01 Å². The highest BCUT2D eigenvalue weighted by Gasteiger charge is 1.98. The minimum absolute atomic E-state index is 0.309. The molecule has 16 heavy (non-hydrogen) atoms. The Morgan fingerprint density at radius 3 is 2.62 bits per heavy atom. The molecule has 1 aromatic heterocycles. The highest BCUT2D eigenvalue weighted by molar-refractivity contribution is 8.38. The molecule has 0 spiro atoms. The SMILES string of the molecule is CCOC=O.CSC(=Nc1nnco1)SC. The van der Waals surface area contributed by atoms with Gasteiger partial charge >= 0.3 is 6.01 Å². The van der Waals surface area contributed by atoms with Gasteiger partial charge < -0.3 is 9.15 Å². The van der Waals surface area contributed by atoms with E-state index < -0.39 is 0 Å². The van der Waals surface area contributed by atoms with Crippen molar-refractivity contribution in [2.75, 3.05) is 19.1 Å². The van der Waals surface area contributed by atoms with Crippen LogP contribution in [0.5, 0.6) is 0 Å². The Kier molecular flexibility index (Phi) is 9.83. The van der Waals surface area contributed by atoms with Crippen molar-refractivity contribution in [1.82, 2.24) is 10.2 Å². The van der Waals surface area contributed by atoms with Crippen LogP contribution >= 0.6 is 23.5 Å². The van der Waals surface area contributed by atoms with Crippen LogP contribution in [0.3, 0.4) is 0 Å². The van der Waals surface area contributed by atoms with Crippen LogP contribution < -0.4 is 0 Å². The first-order valence-electron chi connectivity index (χ1n) is 4.26. The van der Waals surface area contributed by atoms with E-state index in [1.54, 1.807) is 30.4 Å². The average molecular weight is 263 g/mol. The normalized spacial score (nSPS) is 8.69. The van der Waals surface area contributed by atoms with Crippen molar-refractivity contribution in [3.8, 4) is 0 Å². The van der Waals surface area contributed by atoms with Crippen molar-refractivity contribution in [3.63, 3.8) is 0 Å². The van der Waals surface area contributed by atoms with Crippen molar-refractivity contribution >= 4 is 40.4 Å². The van der Waals surface area contributed by atoms with E-state index in [0.717, 1.165) is 4.38 Å². The molecule has 0 aliphatic carbocycles. The lowest BCUT2D eigenvalue weighted by Gasteiger charge is -1.92. The second kappa shape index (κ2) is 10.5. The fraction of sp³-hybridized carbons (Fsp3) is 0.500. The molecule has 0 aliphatic rings. The lowest BCUT2D eigenvalue weighted by Crippen LogP contribution is -1.80. The first kappa shape index (κ1) is 15.0. The van der Waals surface area contributed by atoms with Crippen molar-refractivity contribution in [2.45, 2.75) is 6.92 Å². The molecule has 6 nitrogen and oxygen atoms in total. The number of aliphatic imine (C=N–C) groups is 1. The summed E-state index contributed by atoms with van der Waals surface area (Å²) in [5, 5.41) is 7.12. The zero-order chi connectivity index (χ0) is 12.2. The first-order chi connectivity index (χ1) is 7.78. The maximum absolute atomic E-state index is 9.18. The van der Waals surface area contributed by atoms with E-state index in [0.29, 0.717) is 19.1 Å². The molecule has 0 aromatic carbocycles. The molecular weight excluding hydrogens is 250 g/mol. The number of rotatable bonds is 3. The van der Waals surface area contributed by atoms with Crippen molar-refractivity contribution < 1.29 is 13.9 Å². The molecule has 0 saturated carbocycles. The summed E-state index contributed by atoms with van der Waals surface area (Å²) < 4.78 is 9.90. The van der Waals surface area contributed by atoms with Gasteiger partial charge in [0.15, 0.2) is 0 Å². The van der Waals surface area contributed by atoms with Gasteiger partial charge in [-0.3, -0.25) is 4.79 Å². The quantitative estimate of drug-likeness (QED) is 0.468. The zero-order valence-corrected chi connectivity index (χ0v) is 10.9. The molecule has 0 amide bonds. The average Bonchev–Trinajstić information content (AvgIpc) is 2.80. The third kappa shape index (κ3) is 7.30. The van der Waals surface area contributed by atoms with Gasteiger partial charge in [0, 0.05) is 0 Å². The van der Waals surface area contributed by atoms with Crippen LogP contribution in [-0.2, 0) is 9.53 Å². The van der Waals surface area contributed by atoms with Gasteiger partial charge in [0.2, 0.25) is 6.39 Å². The number of carbonyl (C=O) groups is 1. The van der Waals surface area contributed by atoms with Crippen LogP contribution in [0.2, 0.25) is 0 Å². The third-order valence-electron chi connectivity index (χ3n) is 1.12. The Bertz CT molecular complexity index is 297. The second-order valence-electron chi connectivity index (χ2n) is 2.06. The minimum Gasteiger partial charge on any atom is -0.468 e. The Morgan fingerprint density at radius 2 is 2.31 bits per heavy atom. The first-order valence-corrected chi connectivity index (χ1v) is 6.71. The van der Waals surface area contributed by atoms with E-state index in [9.17, 15) is 4.79 Å². The van der Waals surface area contributed by atoms with Gasteiger partial charge in [0.05, 0.1) is 6.61 Å². The van der Waals surface area contributed by atoms with E-state index in [-0.39, 0.29) is 0 Å². The lowest BCUT2D eigenvalue weighted by atomic mass is 10.9. The standard InChI is InChI=1S/C5H7N3OS2.C3H6O2/c1-10-5(11-2)7-4-8-6-3-9-4;1-2-5-3-4/h3H,1-2H3;3H,2H2,1H3. The summed E-state index contributed by atoms with van der Waals surface area (Å²) >= 11 is 3.11. The highest BCUT2D eigenvalue weighted by atomic mass is 32.2. The topological polar surface area (TPSA) is 77.6 Å². The van der Waals surface area contributed by atoms with Crippen LogP contribution in [0.15, 0.2) is 15.8 Å². The summed E-state index contributed by atoms with van der Waals surface area (Å²) in [4.78, 5) is 13.2. The molecule has 90 valence electrons. The van der Waals surface area contributed by atoms with Crippen LogP contribution in [0, 0.1) is 0 Å². The third-order valence-corrected chi connectivity index (χ3v) is 3.00. The van der Waals surface area contributed by atoms with Gasteiger partial charge in [-0.15, -0.1) is 28.6 Å². The predicted octanol–water partition coefficient (Wildman–Crippen LogP) is 1.96. The van der Waals surface area contributed by atoms with Gasteiger partial charge in [-0.1, -0.05) is 5.10 Å². The molecule has 1 aromatic rings. The van der Waals surface area contributed by atoms with E-state index >= 15 is 0 Å². The summed E-state index contributed by atoms with van der Waals surface area (Å²) in [7, 11) is 0. The van der Waals surface area contributed by atoms with Gasteiger partial charge in [0.1, 0.15) is 4.38 Å². The monoisotopic (exact) mass is 263 g/mol. The number of hydrogen-bond acceptors (Lipinski definition) is 8. The van der Waals surface area contributed by atoms with Crippen molar-refractivity contribution in [2.24, 2.45) is 4.99 Å². The number of aromatic nitrogens is 2. The predicted molar refractivity (Wildman–Crippen MR) is 66.1 cm³/mol. The molecule has 1 heterocycles. The molecule has 0 unspecified atom stereocenters. The van der Waals surface area contributed by atoms with Gasteiger partial charge in [0.25, 0.3) is 6.47 Å². The van der Waals surface area contributed by atoms with E-state index in [1.165, 1.54) is 6.39 Å². The number of nitrogens with zero attached hydrogens (tertiary/aromatic N) is 3. The molecule has 0 atom stereocenters. The number of carbonyl (C=O) groups excluding carboxylic acids is 1. The van der Waals surface area contributed by atoms with Crippen LogP contribution in [-0.4, -0.2) is 40.2 Å². The fourth-order valence-electron chi connectivity index (χ4n) is 0.537. The smallest absolute Gasteiger partial charge is 0.343 e. The largest absolute Gasteiger partial charge is 0.468 e. The molecule has 8 heteroatoms. The zero-order valence-electron chi connectivity index (χ0n) is 9.24. The molecular formula is C8H13N3O3S2. The second-order valence-corrected chi connectivity index (χ2v) is 3.91. The summed E-state index contributed by atoms with van der Waals surface area (Å²) in [6, 6.07) is 0.309. The van der Waals surface area contributed by atoms with Gasteiger partial charge in [-0.2, -0.15) is 4.99 Å². The Morgan fingerprint density at radius 1 is 1.62 bits per heavy atom. The van der Waals surface area contributed by atoms with E-state index in [1.807, 2.05) is 12.5 Å². The molecule has 1 rings (SSSR count). The molecule has 0 aliphatic heterocycles. The van der Waals surface area contributed by atoms with Crippen LogP contribution in [0.25, 0.3) is 0 Å². The van der Waals surface area contributed by atoms with Crippen molar-refractivity contribution in [3.05, 3.63) is 6.39 Å². The van der Waals surface area contributed by atoms with Crippen molar-refractivity contribution in [1.29, 1.82) is 0 Å². The summed E-state index contributed by atoms with van der Waals surface area (Å²) in [5.74, 6) is 0. The molecule has 0 radical (unpaired) electrons. The summed E-state index contributed by atoms with van der Waals surface area (Å²) in [6.07, 6.45) is 5.16. The fourth-order valence-corrected chi connectivity index (χ4v) is 1.54. The molecule has 0 saturated heterocycles. The maximum Gasteiger partial charge on any atom is 0.343 e. The number of thioether (sulfide) groups is 2.